The Kier molecular flexibility index (Phi) is 5.96. The van der Waals surface area contributed by atoms with Crippen molar-refractivity contribution in [3.05, 3.63) is 59.9 Å². The summed E-state index contributed by atoms with van der Waals surface area (Å²) in [4.78, 5) is 0. The van der Waals surface area contributed by atoms with E-state index in [1.807, 2.05) is 24.3 Å². The minimum absolute atomic E-state index is 0. The van der Waals surface area contributed by atoms with E-state index in [1.54, 1.807) is 12.1 Å². The van der Waals surface area contributed by atoms with Gasteiger partial charge in [0.1, 0.15) is 5.82 Å². The number of halogens is 2. The lowest BCUT2D eigenvalue weighted by atomic mass is 9.98. The van der Waals surface area contributed by atoms with Gasteiger partial charge in [0.15, 0.2) is 0 Å². The van der Waals surface area contributed by atoms with E-state index < -0.39 is 0 Å². The SMILES string of the molecule is Cl.NC(CCO)c1cccc(-c2ccc(F)cc2)c1. The molecule has 1 unspecified atom stereocenters. The van der Waals surface area contributed by atoms with Gasteiger partial charge in [0.25, 0.3) is 0 Å². The van der Waals surface area contributed by atoms with Crippen LogP contribution >= 0.6 is 12.4 Å². The quantitative estimate of drug-likeness (QED) is 0.903. The van der Waals surface area contributed by atoms with Crippen LogP contribution in [0.4, 0.5) is 4.39 Å². The second-order valence-corrected chi connectivity index (χ2v) is 4.25. The molecular weight excluding hydrogens is 265 g/mol. The lowest BCUT2D eigenvalue weighted by molar-refractivity contribution is 0.276. The average molecular weight is 282 g/mol. The zero-order valence-corrected chi connectivity index (χ0v) is 11.2. The molecule has 19 heavy (non-hydrogen) atoms. The van der Waals surface area contributed by atoms with Crippen LogP contribution in [-0.4, -0.2) is 11.7 Å². The van der Waals surface area contributed by atoms with E-state index in [0.29, 0.717) is 6.42 Å². The summed E-state index contributed by atoms with van der Waals surface area (Å²) in [5.41, 5.74) is 8.89. The number of rotatable bonds is 4. The number of benzene rings is 2. The molecule has 0 amide bonds. The number of aliphatic hydroxyl groups is 1. The van der Waals surface area contributed by atoms with Crippen LogP contribution in [0, 0.1) is 5.82 Å². The van der Waals surface area contributed by atoms with Crippen LogP contribution in [0.25, 0.3) is 11.1 Å². The van der Waals surface area contributed by atoms with Gasteiger partial charge in [0.05, 0.1) is 0 Å². The van der Waals surface area contributed by atoms with Crippen molar-refractivity contribution >= 4 is 12.4 Å². The first-order valence-electron chi connectivity index (χ1n) is 5.93. The van der Waals surface area contributed by atoms with Gasteiger partial charge < -0.3 is 10.8 Å². The molecule has 2 aromatic carbocycles. The van der Waals surface area contributed by atoms with Crippen LogP contribution < -0.4 is 5.73 Å². The highest BCUT2D eigenvalue weighted by Gasteiger charge is 2.06. The summed E-state index contributed by atoms with van der Waals surface area (Å²) in [5, 5.41) is 8.89. The van der Waals surface area contributed by atoms with Gasteiger partial charge in [0.2, 0.25) is 0 Å². The third kappa shape index (κ3) is 4.03. The van der Waals surface area contributed by atoms with Crippen molar-refractivity contribution in [1.29, 1.82) is 0 Å². The van der Waals surface area contributed by atoms with E-state index in [0.717, 1.165) is 16.7 Å². The molecule has 0 fully saturated rings. The summed E-state index contributed by atoms with van der Waals surface area (Å²) in [5.74, 6) is -0.244. The Balaban J connectivity index is 0.00000180. The predicted octanol–water partition coefficient (Wildman–Crippen LogP) is 3.30. The molecule has 102 valence electrons. The summed E-state index contributed by atoms with van der Waals surface area (Å²) in [7, 11) is 0. The maximum absolute atomic E-state index is 12.9. The molecule has 0 saturated carbocycles. The molecule has 0 aromatic heterocycles. The highest BCUT2D eigenvalue weighted by Crippen LogP contribution is 2.23. The van der Waals surface area contributed by atoms with Gasteiger partial charge in [-0.1, -0.05) is 30.3 Å². The van der Waals surface area contributed by atoms with E-state index in [-0.39, 0.29) is 30.9 Å². The maximum atomic E-state index is 12.9. The number of hydrogen-bond donors (Lipinski definition) is 2. The molecule has 0 bridgehead atoms. The summed E-state index contributed by atoms with van der Waals surface area (Å²) in [6.45, 7) is 0.0714. The third-order valence-corrected chi connectivity index (χ3v) is 2.93. The largest absolute Gasteiger partial charge is 0.396 e. The third-order valence-electron chi connectivity index (χ3n) is 2.93. The minimum Gasteiger partial charge on any atom is -0.396 e. The Hall–Kier alpha value is -1.42. The summed E-state index contributed by atoms with van der Waals surface area (Å²) < 4.78 is 12.9. The van der Waals surface area contributed by atoms with Crippen LogP contribution in [0.3, 0.4) is 0 Å². The Morgan fingerprint density at radius 2 is 1.74 bits per heavy atom. The van der Waals surface area contributed by atoms with Crippen LogP contribution in [-0.2, 0) is 0 Å². The van der Waals surface area contributed by atoms with E-state index >= 15 is 0 Å². The summed E-state index contributed by atoms with van der Waals surface area (Å²) >= 11 is 0. The van der Waals surface area contributed by atoms with Gasteiger partial charge >= 0.3 is 0 Å². The Labute approximate surface area is 118 Å². The van der Waals surface area contributed by atoms with Crippen molar-refractivity contribution in [2.45, 2.75) is 12.5 Å². The zero-order valence-electron chi connectivity index (χ0n) is 10.4. The Bertz CT molecular complexity index is 516. The van der Waals surface area contributed by atoms with E-state index in [1.165, 1.54) is 12.1 Å². The smallest absolute Gasteiger partial charge is 0.123 e. The fourth-order valence-electron chi connectivity index (χ4n) is 1.90. The number of hydrogen-bond acceptors (Lipinski definition) is 2. The molecule has 1 atom stereocenters. The van der Waals surface area contributed by atoms with Crippen LogP contribution in [0.2, 0.25) is 0 Å². The first-order chi connectivity index (χ1) is 8.70. The molecule has 0 aliphatic heterocycles. The Morgan fingerprint density at radius 3 is 2.37 bits per heavy atom. The van der Waals surface area contributed by atoms with Gasteiger partial charge in [-0.25, -0.2) is 4.39 Å². The summed E-state index contributed by atoms with van der Waals surface area (Å²) in [6.07, 6.45) is 0.535. The first kappa shape index (κ1) is 15.6. The monoisotopic (exact) mass is 281 g/mol. The Morgan fingerprint density at radius 1 is 1.05 bits per heavy atom. The molecule has 3 N–H and O–H groups in total. The molecule has 2 aromatic rings. The zero-order chi connectivity index (χ0) is 13.0. The lowest BCUT2D eigenvalue weighted by Crippen LogP contribution is -2.11. The van der Waals surface area contributed by atoms with Crippen molar-refractivity contribution < 1.29 is 9.50 Å². The van der Waals surface area contributed by atoms with Gasteiger partial charge in [0, 0.05) is 12.6 Å². The average Bonchev–Trinajstić information content (AvgIpc) is 2.40. The van der Waals surface area contributed by atoms with Crippen molar-refractivity contribution in [3.8, 4) is 11.1 Å². The van der Waals surface area contributed by atoms with E-state index in [2.05, 4.69) is 0 Å². The standard InChI is InChI=1S/C15H16FNO.ClH/c16-14-6-4-11(5-7-14)12-2-1-3-13(10-12)15(17)8-9-18;/h1-7,10,15,18H,8-9,17H2;1H. The fourth-order valence-corrected chi connectivity index (χ4v) is 1.90. The second kappa shape index (κ2) is 7.24. The maximum Gasteiger partial charge on any atom is 0.123 e. The van der Waals surface area contributed by atoms with E-state index in [9.17, 15) is 4.39 Å². The highest BCUT2D eigenvalue weighted by atomic mass is 35.5. The van der Waals surface area contributed by atoms with Crippen molar-refractivity contribution in [2.24, 2.45) is 5.73 Å². The molecule has 0 heterocycles. The molecule has 4 heteroatoms. The van der Waals surface area contributed by atoms with Crippen molar-refractivity contribution in [1.82, 2.24) is 0 Å². The molecular formula is C15H17ClFNO. The number of nitrogens with two attached hydrogens (primary N) is 1. The molecule has 0 aliphatic rings. The van der Waals surface area contributed by atoms with Gasteiger partial charge in [-0.2, -0.15) is 0 Å². The van der Waals surface area contributed by atoms with Crippen LogP contribution in [0.15, 0.2) is 48.5 Å². The lowest BCUT2D eigenvalue weighted by Gasteiger charge is -2.12. The number of aliphatic hydroxyl groups excluding tert-OH is 1. The van der Waals surface area contributed by atoms with Crippen LogP contribution in [0.1, 0.15) is 18.0 Å². The molecule has 0 radical (unpaired) electrons. The van der Waals surface area contributed by atoms with E-state index in [4.69, 9.17) is 10.8 Å². The van der Waals surface area contributed by atoms with Crippen LogP contribution in [0.5, 0.6) is 0 Å². The molecule has 2 nitrogen and oxygen atoms in total. The molecule has 2 rings (SSSR count). The normalized spacial score (nSPS) is 11.7. The first-order valence-corrected chi connectivity index (χ1v) is 5.93. The fraction of sp³-hybridized carbons (Fsp3) is 0.200. The highest BCUT2D eigenvalue weighted by molar-refractivity contribution is 5.85. The second-order valence-electron chi connectivity index (χ2n) is 4.25. The van der Waals surface area contributed by atoms with Gasteiger partial charge in [-0.05, 0) is 41.3 Å². The molecule has 0 spiro atoms. The van der Waals surface area contributed by atoms with Gasteiger partial charge in [-0.15, -0.1) is 12.4 Å². The van der Waals surface area contributed by atoms with Crippen molar-refractivity contribution in [2.75, 3.05) is 6.61 Å². The summed E-state index contributed by atoms with van der Waals surface area (Å²) in [6, 6.07) is 14.0. The molecule has 0 saturated heterocycles. The van der Waals surface area contributed by atoms with Gasteiger partial charge in [-0.3, -0.25) is 0 Å². The van der Waals surface area contributed by atoms with Crippen molar-refractivity contribution in [3.63, 3.8) is 0 Å². The minimum atomic E-state index is -0.244. The predicted molar refractivity (Wildman–Crippen MR) is 77.7 cm³/mol. The molecule has 0 aliphatic carbocycles. The topological polar surface area (TPSA) is 46.2 Å².